The summed E-state index contributed by atoms with van der Waals surface area (Å²) < 4.78 is 12.6. The van der Waals surface area contributed by atoms with Gasteiger partial charge in [0, 0.05) is 38.6 Å². The van der Waals surface area contributed by atoms with Crippen molar-refractivity contribution in [3.05, 3.63) is 235 Å². The van der Waals surface area contributed by atoms with Gasteiger partial charge in [-0.15, -0.1) is 0 Å². The van der Waals surface area contributed by atoms with E-state index in [1.165, 1.54) is 33.4 Å². The summed E-state index contributed by atoms with van der Waals surface area (Å²) in [4.78, 5) is 2.38. The lowest BCUT2D eigenvalue weighted by Crippen LogP contribution is -2.28. The van der Waals surface area contributed by atoms with Gasteiger partial charge in [-0.1, -0.05) is 152 Å². The summed E-state index contributed by atoms with van der Waals surface area (Å²) in [7, 11) is 0. The first-order chi connectivity index (χ1) is 28.8. The smallest absolute Gasteiger partial charge is 0.136 e. The number of nitrogens with zero attached hydrogens (tertiary/aromatic N) is 1. The van der Waals surface area contributed by atoms with Gasteiger partial charge in [0.1, 0.15) is 22.3 Å². The van der Waals surface area contributed by atoms with Crippen molar-refractivity contribution in [3.8, 4) is 22.3 Å². The van der Waals surface area contributed by atoms with Crippen molar-refractivity contribution >= 4 is 60.9 Å². The molecule has 0 saturated heterocycles. The number of rotatable bonds is 6. The zero-order valence-electron chi connectivity index (χ0n) is 31.5. The third-order valence-corrected chi connectivity index (χ3v) is 12.2. The minimum Gasteiger partial charge on any atom is -0.456 e. The number of hydrogen-bond donors (Lipinski definition) is 0. The van der Waals surface area contributed by atoms with E-state index in [0.717, 1.165) is 72.1 Å². The van der Waals surface area contributed by atoms with Crippen LogP contribution in [0.2, 0.25) is 0 Å². The van der Waals surface area contributed by atoms with Crippen LogP contribution in [0.15, 0.2) is 221 Å². The molecule has 272 valence electrons. The molecule has 2 aromatic heterocycles. The molecule has 11 aromatic rings. The minimum atomic E-state index is -0.466. The maximum absolute atomic E-state index is 6.30. The normalized spacial score (nSPS) is 13.0. The molecule has 12 rings (SSSR count). The molecule has 9 aromatic carbocycles. The van der Waals surface area contributed by atoms with Crippen LogP contribution in [0.1, 0.15) is 22.3 Å². The van der Waals surface area contributed by atoms with E-state index >= 15 is 0 Å². The van der Waals surface area contributed by atoms with Crippen molar-refractivity contribution < 1.29 is 8.83 Å². The van der Waals surface area contributed by atoms with Crippen molar-refractivity contribution in [2.45, 2.75) is 5.41 Å². The summed E-state index contributed by atoms with van der Waals surface area (Å²) in [6.07, 6.45) is 0. The topological polar surface area (TPSA) is 29.5 Å². The molecule has 0 amide bonds. The molecule has 0 unspecified atom stereocenters. The molecule has 3 heteroatoms. The van der Waals surface area contributed by atoms with E-state index < -0.39 is 5.41 Å². The van der Waals surface area contributed by atoms with Crippen molar-refractivity contribution in [1.82, 2.24) is 0 Å². The molecular formula is C55H35NO2. The molecule has 0 atom stereocenters. The zero-order valence-corrected chi connectivity index (χ0v) is 31.5. The largest absolute Gasteiger partial charge is 0.456 e. The van der Waals surface area contributed by atoms with Gasteiger partial charge in [-0.3, -0.25) is 0 Å². The van der Waals surface area contributed by atoms with E-state index in [-0.39, 0.29) is 0 Å². The molecule has 3 nitrogen and oxygen atoms in total. The van der Waals surface area contributed by atoms with E-state index in [2.05, 4.69) is 193 Å². The fourth-order valence-corrected chi connectivity index (χ4v) is 9.68. The molecule has 0 aliphatic heterocycles. The first-order valence-corrected chi connectivity index (χ1v) is 19.8. The molecule has 0 N–H and O–H groups in total. The first-order valence-electron chi connectivity index (χ1n) is 19.8. The predicted molar refractivity (Wildman–Crippen MR) is 238 cm³/mol. The van der Waals surface area contributed by atoms with Crippen LogP contribution < -0.4 is 4.90 Å². The van der Waals surface area contributed by atoms with E-state index in [9.17, 15) is 0 Å². The number of para-hydroxylation sites is 2. The fourth-order valence-electron chi connectivity index (χ4n) is 9.68. The second-order valence-corrected chi connectivity index (χ2v) is 15.2. The van der Waals surface area contributed by atoms with E-state index in [1.54, 1.807) is 0 Å². The van der Waals surface area contributed by atoms with Gasteiger partial charge in [-0.25, -0.2) is 0 Å². The second-order valence-electron chi connectivity index (χ2n) is 15.2. The highest BCUT2D eigenvalue weighted by atomic mass is 16.3. The van der Waals surface area contributed by atoms with Gasteiger partial charge in [0.05, 0.1) is 5.41 Å². The molecular weight excluding hydrogens is 707 g/mol. The number of fused-ring (bicyclic) bond motifs is 9. The molecule has 1 aliphatic rings. The second kappa shape index (κ2) is 12.7. The quantitative estimate of drug-likeness (QED) is 0.170. The Hall–Kier alpha value is -7.62. The summed E-state index contributed by atoms with van der Waals surface area (Å²) in [6, 6.07) is 76.4. The van der Waals surface area contributed by atoms with Gasteiger partial charge < -0.3 is 13.7 Å². The first kappa shape index (κ1) is 32.6. The maximum atomic E-state index is 6.30. The Labute approximate surface area is 335 Å². The highest BCUT2D eigenvalue weighted by Gasteiger charge is 2.46. The lowest BCUT2D eigenvalue weighted by atomic mass is 9.68. The molecule has 0 bridgehead atoms. The Kier molecular flexibility index (Phi) is 7.14. The molecule has 1 aliphatic carbocycles. The van der Waals surface area contributed by atoms with E-state index in [4.69, 9.17) is 8.83 Å². The van der Waals surface area contributed by atoms with Crippen LogP contribution in [0.5, 0.6) is 0 Å². The zero-order chi connectivity index (χ0) is 38.2. The molecule has 0 saturated carbocycles. The highest BCUT2D eigenvalue weighted by molar-refractivity contribution is 6.12. The average molecular weight is 742 g/mol. The fraction of sp³-hybridized carbons (Fsp3) is 0.0182. The number of hydrogen-bond acceptors (Lipinski definition) is 3. The van der Waals surface area contributed by atoms with Gasteiger partial charge in [0.25, 0.3) is 0 Å². The molecule has 58 heavy (non-hydrogen) atoms. The van der Waals surface area contributed by atoms with Gasteiger partial charge >= 0.3 is 0 Å². The molecule has 0 radical (unpaired) electrons. The lowest BCUT2D eigenvalue weighted by Gasteiger charge is -2.34. The van der Waals surface area contributed by atoms with Crippen molar-refractivity contribution in [2.75, 3.05) is 4.90 Å². The standard InChI is InChI=1S/C55H35NO2/c1-3-14-37(15-4-1)55(38-16-5-2-6-17-38)48-22-10-7-18-43(48)46-34-40(30-32-49(46)55)56(41-31-33-52-47(35-41)44-19-8-11-23-50(44)57-52)39-28-26-36(27-29-39)42-21-13-25-53-54(42)45-20-9-12-24-51(45)58-53/h1-35H. The van der Waals surface area contributed by atoms with Crippen LogP contribution in [0.25, 0.3) is 66.1 Å². The Bertz CT molecular complexity index is 3300. The average Bonchev–Trinajstić information content (AvgIpc) is 3.96. The van der Waals surface area contributed by atoms with Gasteiger partial charge in [0.2, 0.25) is 0 Å². The van der Waals surface area contributed by atoms with E-state index in [0.29, 0.717) is 0 Å². The van der Waals surface area contributed by atoms with Crippen molar-refractivity contribution in [1.29, 1.82) is 0 Å². The number of furan rings is 2. The lowest BCUT2D eigenvalue weighted by molar-refractivity contribution is 0.668. The Balaban J connectivity index is 1.07. The van der Waals surface area contributed by atoms with Gasteiger partial charge in [-0.2, -0.15) is 0 Å². The Morgan fingerprint density at radius 1 is 0.328 bits per heavy atom. The van der Waals surface area contributed by atoms with Crippen molar-refractivity contribution in [2.24, 2.45) is 0 Å². The van der Waals surface area contributed by atoms with Gasteiger partial charge in [-0.05, 0) is 105 Å². The summed E-state index contributed by atoms with van der Waals surface area (Å²) in [6.45, 7) is 0. The van der Waals surface area contributed by atoms with Crippen LogP contribution >= 0.6 is 0 Å². The van der Waals surface area contributed by atoms with Crippen molar-refractivity contribution in [3.63, 3.8) is 0 Å². The summed E-state index contributed by atoms with van der Waals surface area (Å²) in [5, 5.41) is 4.46. The molecule has 2 heterocycles. The monoisotopic (exact) mass is 741 g/mol. The maximum Gasteiger partial charge on any atom is 0.136 e. The summed E-state index contributed by atoms with van der Waals surface area (Å²) >= 11 is 0. The minimum absolute atomic E-state index is 0.466. The van der Waals surface area contributed by atoms with Gasteiger partial charge in [0.15, 0.2) is 0 Å². The van der Waals surface area contributed by atoms with Crippen LogP contribution in [-0.4, -0.2) is 0 Å². The predicted octanol–water partition coefficient (Wildman–Crippen LogP) is 15.0. The number of anilines is 3. The third-order valence-electron chi connectivity index (χ3n) is 12.2. The molecule has 0 spiro atoms. The SMILES string of the molecule is c1ccc(C2(c3ccccc3)c3ccccc3-c3cc(N(c4ccc(-c5cccc6oc7ccccc7c56)cc4)c4ccc5oc6ccccc6c5c4)ccc32)cc1. The van der Waals surface area contributed by atoms with Crippen LogP contribution in [0, 0.1) is 0 Å². The summed E-state index contributed by atoms with van der Waals surface area (Å²) in [5.74, 6) is 0. The van der Waals surface area contributed by atoms with E-state index in [1.807, 2.05) is 24.3 Å². The third kappa shape index (κ3) is 4.74. The van der Waals surface area contributed by atoms with Crippen LogP contribution in [0.4, 0.5) is 17.1 Å². The molecule has 0 fully saturated rings. The number of benzene rings is 9. The Morgan fingerprint density at radius 2 is 0.862 bits per heavy atom. The summed E-state index contributed by atoms with van der Waals surface area (Å²) in [5.41, 5.74) is 16.1. The van der Waals surface area contributed by atoms with Crippen LogP contribution in [0.3, 0.4) is 0 Å². The highest BCUT2D eigenvalue weighted by Crippen LogP contribution is 2.57. The van der Waals surface area contributed by atoms with Crippen LogP contribution in [-0.2, 0) is 5.41 Å². The Morgan fingerprint density at radius 3 is 1.64 bits per heavy atom.